The van der Waals surface area contributed by atoms with E-state index in [-0.39, 0.29) is 30.4 Å². The number of nitroso groups, excluding NO2 is 1. The van der Waals surface area contributed by atoms with E-state index < -0.39 is 11.9 Å². The monoisotopic (exact) mass is 488 g/mol. The van der Waals surface area contributed by atoms with E-state index in [2.05, 4.69) is 4.58 Å². The smallest absolute Gasteiger partial charge is 0.317 e. The molecular weight excluding hydrogens is 456 g/mol. The maximum absolute atomic E-state index is 12.7. The molecule has 184 valence electrons. The van der Waals surface area contributed by atoms with E-state index in [0.29, 0.717) is 6.54 Å². The zero-order valence-electron chi connectivity index (χ0n) is 19.7. The van der Waals surface area contributed by atoms with Crippen molar-refractivity contribution >= 4 is 34.7 Å². The Balaban J connectivity index is 1.59. The third kappa shape index (κ3) is 6.93. The average molecular weight is 489 g/mol. The first kappa shape index (κ1) is 26.0. The molecule has 1 fully saturated rings. The number of benzene rings is 2. The highest BCUT2D eigenvalue weighted by atomic mass is 32.2. The number of aliphatic carboxylic acids is 1. The quantitative estimate of drug-likeness (QED) is 0.253. The maximum Gasteiger partial charge on any atom is 0.317 e. The topological polar surface area (TPSA) is 106 Å². The number of carboxylic acids is 1. The molecule has 3 rings (SSSR count). The molecule has 0 spiro atoms. The van der Waals surface area contributed by atoms with Crippen LogP contribution in [0.5, 0.6) is 5.75 Å². The van der Waals surface area contributed by atoms with E-state index >= 15 is 0 Å². The highest BCUT2D eigenvalue weighted by molar-refractivity contribution is 7.99. The summed E-state index contributed by atoms with van der Waals surface area (Å²) in [5.41, 5.74) is 0.847. The molecule has 2 aromatic carbocycles. The van der Waals surface area contributed by atoms with Crippen LogP contribution in [0.2, 0.25) is 0 Å². The highest BCUT2D eigenvalue weighted by Gasteiger charge is 2.36. The lowest BCUT2D eigenvalue weighted by atomic mass is 9.88. The Bertz CT molecular complexity index is 1010. The van der Waals surface area contributed by atoms with Gasteiger partial charge in [-0.3, -0.25) is 14.5 Å². The molecule has 0 aromatic heterocycles. The average Bonchev–Trinajstić information content (AvgIpc) is 2.83. The van der Waals surface area contributed by atoms with Crippen LogP contribution in [0, 0.1) is 4.91 Å². The number of methoxy groups -OCH3 is 1. The number of rotatable bonds is 12. The van der Waals surface area contributed by atoms with E-state index in [9.17, 15) is 19.6 Å². The Morgan fingerprint density at radius 3 is 2.53 bits per heavy atom. The first-order chi connectivity index (χ1) is 16.4. The van der Waals surface area contributed by atoms with Gasteiger partial charge in [0.25, 0.3) is 0 Å². The molecule has 2 aromatic rings. The van der Waals surface area contributed by atoms with E-state index in [0.717, 1.165) is 66.1 Å². The number of hydrogen-bond donors (Lipinski definition) is 1. The number of nitrogens with zero attached hydrogens (tertiary/aromatic N) is 2. The predicted molar refractivity (Wildman–Crippen MR) is 133 cm³/mol. The van der Waals surface area contributed by atoms with Gasteiger partial charge in [0.05, 0.1) is 24.3 Å². The zero-order chi connectivity index (χ0) is 24.6. The normalized spacial score (nSPS) is 16.2. The van der Waals surface area contributed by atoms with Crippen LogP contribution in [0.25, 0.3) is 10.8 Å². The lowest BCUT2D eigenvalue weighted by Crippen LogP contribution is -2.45. The Hall–Kier alpha value is -2.65. The van der Waals surface area contributed by atoms with Gasteiger partial charge in [-0.25, -0.2) is 0 Å². The molecule has 1 aliphatic rings. The third-order valence-electron chi connectivity index (χ3n) is 6.44. The number of fused-ring (bicyclic) bond motifs is 1. The van der Waals surface area contributed by atoms with Crippen molar-refractivity contribution in [2.24, 2.45) is 4.58 Å². The summed E-state index contributed by atoms with van der Waals surface area (Å²) >= 11 is 1.02. The standard InChI is InChI=1S/C25H32N2O6S/c1-18(19-6-7-21-15-22(32-2)9-8-20(21)14-19)24(30)33-13-12-27(16-23(28)29)17-25(34-26-31)10-4-3-5-11-25/h6-9,14-15,18H,3-5,10-13,16-17H2,1-2H3,(H,28,29)/t18-/m0/s1. The first-order valence-corrected chi connectivity index (χ1v) is 12.3. The molecule has 34 heavy (non-hydrogen) atoms. The number of carboxylic acid groups (broad SMARTS) is 1. The van der Waals surface area contributed by atoms with Gasteiger partial charge in [0, 0.05) is 29.6 Å². The van der Waals surface area contributed by atoms with Crippen molar-refractivity contribution in [3.63, 3.8) is 0 Å². The summed E-state index contributed by atoms with van der Waals surface area (Å²) in [6.45, 7) is 2.41. The van der Waals surface area contributed by atoms with Crippen molar-refractivity contribution in [3.05, 3.63) is 46.9 Å². The molecule has 9 heteroatoms. The molecule has 1 saturated carbocycles. The van der Waals surface area contributed by atoms with Crippen molar-refractivity contribution in [1.82, 2.24) is 4.90 Å². The van der Waals surface area contributed by atoms with Gasteiger partial charge in [-0.2, -0.15) is 0 Å². The van der Waals surface area contributed by atoms with E-state index in [1.54, 1.807) is 18.9 Å². The van der Waals surface area contributed by atoms with E-state index in [4.69, 9.17) is 9.47 Å². The summed E-state index contributed by atoms with van der Waals surface area (Å²) < 4.78 is 13.5. The van der Waals surface area contributed by atoms with Crippen LogP contribution in [0.4, 0.5) is 0 Å². The van der Waals surface area contributed by atoms with Crippen molar-refractivity contribution < 1.29 is 24.2 Å². The fourth-order valence-corrected chi connectivity index (χ4v) is 5.41. The minimum atomic E-state index is -0.956. The van der Waals surface area contributed by atoms with Crippen molar-refractivity contribution in [3.8, 4) is 5.75 Å². The molecule has 0 radical (unpaired) electrons. The lowest BCUT2D eigenvalue weighted by molar-refractivity contribution is -0.145. The summed E-state index contributed by atoms with van der Waals surface area (Å²) in [7, 11) is 1.62. The van der Waals surface area contributed by atoms with Crippen molar-refractivity contribution in [2.45, 2.75) is 49.7 Å². The second-order valence-corrected chi connectivity index (χ2v) is 10.1. The minimum absolute atomic E-state index is 0.0799. The summed E-state index contributed by atoms with van der Waals surface area (Å²) in [5, 5.41) is 11.4. The number of carbonyl (C=O) groups is 2. The van der Waals surface area contributed by atoms with Crippen LogP contribution >= 0.6 is 11.9 Å². The van der Waals surface area contributed by atoms with Gasteiger partial charge in [-0.05, 0) is 48.2 Å². The number of esters is 1. The van der Waals surface area contributed by atoms with Crippen molar-refractivity contribution in [2.75, 3.05) is 33.4 Å². The third-order valence-corrected chi connectivity index (χ3v) is 7.44. The van der Waals surface area contributed by atoms with Gasteiger partial charge >= 0.3 is 11.9 Å². The van der Waals surface area contributed by atoms with Crippen LogP contribution in [-0.2, 0) is 14.3 Å². The molecule has 0 heterocycles. The van der Waals surface area contributed by atoms with Gasteiger partial charge in [-0.1, -0.05) is 43.5 Å². The van der Waals surface area contributed by atoms with Crippen LogP contribution in [0.15, 0.2) is 41.0 Å². The molecular formula is C25H32N2O6S. The molecule has 1 aliphatic carbocycles. The van der Waals surface area contributed by atoms with Gasteiger partial charge in [-0.15, -0.1) is 4.91 Å². The Morgan fingerprint density at radius 1 is 1.15 bits per heavy atom. The van der Waals surface area contributed by atoms with E-state index in [1.807, 2.05) is 36.4 Å². The first-order valence-electron chi connectivity index (χ1n) is 11.5. The number of ether oxygens (including phenoxy) is 2. The molecule has 0 amide bonds. The predicted octanol–water partition coefficient (Wildman–Crippen LogP) is 5.00. The summed E-state index contributed by atoms with van der Waals surface area (Å²) in [6.07, 6.45) is 4.75. The van der Waals surface area contributed by atoms with Crippen LogP contribution in [0.3, 0.4) is 0 Å². The fraction of sp³-hybridized carbons (Fsp3) is 0.520. The number of hydrogen-bond acceptors (Lipinski definition) is 8. The van der Waals surface area contributed by atoms with Gasteiger partial charge in [0.15, 0.2) is 0 Å². The molecule has 0 aliphatic heterocycles. The van der Waals surface area contributed by atoms with Gasteiger partial charge < -0.3 is 14.6 Å². The summed E-state index contributed by atoms with van der Waals surface area (Å²) in [5.74, 6) is -1.00. The summed E-state index contributed by atoms with van der Waals surface area (Å²) in [6, 6.07) is 11.6. The second kappa shape index (κ2) is 12.2. The largest absolute Gasteiger partial charge is 0.497 e. The van der Waals surface area contributed by atoms with Crippen molar-refractivity contribution in [1.29, 1.82) is 0 Å². The second-order valence-electron chi connectivity index (χ2n) is 8.88. The SMILES string of the molecule is COc1ccc2cc([C@H](C)C(=O)OCCN(CC(=O)O)CC3(SN=O)CCCCC3)ccc2c1. The molecule has 1 N–H and O–H groups in total. The maximum atomic E-state index is 12.7. The Labute approximate surface area is 204 Å². The number of carbonyl (C=O) groups excluding carboxylic acids is 1. The Kier molecular flexibility index (Phi) is 9.29. The van der Waals surface area contributed by atoms with Crippen LogP contribution in [-0.4, -0.2) is 60.0 Å². The Morgan fingerprint density at radius 2 is 1.85 bits per heavy atom. The molecule has 0 saturated heterocycles. The van der Waals surface area contributed by atoms with Gasteiger partial charge in [0.2, 0.25) is 0 Å². The zero-order valence-corrected chi connectivity index (χ0v) is 20.5. The molecule has 0 unspecified atom stereocenters. The lowest BCUT2D eigenvalue weighted by Gasteiger charge is -2.37. The highest BCUT2D eigenvalue weighted by Crippen LogP contribution is 2.41. The summed E-state index contributed by atoms with van der Waals surface area (Å²) in [4.78, 5) is 36.9. The minimum Gasteiger partial charge on any atom is -0.497 e. The van der Waals surface area contributed by atoms with Crippen LogP contribution < -0.4 is 4.74 Å². The fourth-order valence-electron chi connectivity index (χ4n) is 4.54. The van der Waals surface area contributed by atoms with Gasteiger partial charge in [0.1, 0.15) is 12.4 Å². The molecule has 0 bridgehead atoms. The molecule has 8 nitrogen and oxygen atoms in total. The molecule has 1 atom stereocenters. The van der Waals surface area contributed by atoms with E-state index in [1.165, 1.54) is 0 Å². The van der Waals surface area contributed by atoms with Crippen LogP contribution in [0.1, 0.15) is 50.5 Å².